The molecule has 0 aliphatic heterocycles. The van der Waals surface area contributed by atoms with Crippen LogP contribution in [0.3, 0.4) is 0 Å². The molecule has 0 spiro atoms. The molecule has 3 heterocycles. The van der Waals surface area contributed by atoms with Crippen LogP contribution in [-0.2, 0) is 20.1 Å². The predicted molar refractivity (Wildman–Crippen MR) is 69.5 cm³/mol. The molecule has 0 nitrogen and oxygen atoms in total. The van der Waals surface area contributed by atoms with Crippen LogP contribution in [-0.4, -0.2) is 0 Å². The van der Waals surface area contributed by atoms with Crippen molar-refractivity contribution < 1.29 is 20.1 Å². The van der Waals surface area contributed by atoms with Gasteiger partial charge >= 0.3 is 20.1 Å². The van der Waals surface area contributed by atoms with Gasteiger partial charge in [0, 0.05) is 0 Å². The van der Waals surface area contributed by atoms with E-state index in [0.29, 0.717) is 0 Å². The molecule has 84 valence electrons. The van der Waals surface area contributed by atoms with Crippen molar-refractivity contribution in [2.24, 2.45) is 0 Å². The fourth-order valence-electron chi connectivity index (χ4n) is 0.589. The van der Waals surface area contributed by atoms with Crippen molar-refractivity contribution in [3.05, 3.63) is 68.7 Å². The van der Waals surface area contributed by atoms with Crippen molar-refractivity contribution in [3.63, 3.8) is 0 Å². The zero-order chi connectivity index (χ0) is 10.6. The van der Waals surface area contributed by atoms with Gasteiger partial charge in [-0.3, -0.25) is 0 Å². The number of hydrogen-bond acceptors (Lipinski definition) is 3. The summed E-state index contributed by atoms with van der Waals surface area (Å²) in [6.45, 7) is 0. The normalized spacial score (nSPS) is 7.50. The van der Waals surface area contributed by atoms with Crippen molar-refractivity contribution in [1.82, 2.24) is 0 Å². The maximum absolute atomic E-state index is 2.90. The molecule has 0 saturated heterocycles. The zero-order valence-electron chi connectivity index (χ0n) is 8.25. The van der Waals surface area contributed by atoms with Gasteiger partial charge in [-0.2, -0.15) is 34.3 Å². The van der Waals surface area contributed by atoms with Crippen LogP contribution in [0.4, 0.5) is 0 Å². The van der Waals surface area contributed by atoms with E-state index in [-0.39, 0.29) is 20.1 Å². The molecule has 0 saturated carbocycles. The van der Waals surface area contributed by atoms with Crippen LogP contribution in [0, 0.1) is 16.1 Å². The first kappa shape index (κ1) is 15.7. The van der Waals surface area contributed by atoms with E-state index in [0.717, 1.165) is 0 Å². The molecule has 0 radical (unpaired) electrons. The summed E-state index contributed by atoms with van der Waals surface area (Å²) in [5.74, 6) is 0. The summed E-state index contributed by atoms with van der Waals surface area (Å²) in [4.78, 5) is 0. The van der Waals surface area contributed by atoms with Crippen molar-refractivity contribution in [2.75, 3.05) is 0 Å². The summed E-state index contributed by atoms with van der Waals surface area (Å²) >= 11 is 4.76. The largest absolute Gasteiger partial charge is 3.00 e. The third kappa shape index (κ3) is 10.3. The molecular formula is C12H9IrS3. The van der Waals surface area contributed by atoms with Crippen molar-refractivity contribution >= 4 is 34.0 Å². The fourth-order valence-corrected chi connectivity index (χ4v) is 1.77. The molecule has 0 aliphatic rings. The second-order valence-corrected chi connectivity index (χ2v) is 4.42. The van der Waals surface area contributed by atoms with E-state index in [4.69, 9.17) is 0 Å². The van der Waals surface area contributed by atoms with Crippen LogP contribution >= 0.6 is 34.0 Å². The van der Waals surface area contributed by atoms with E-state index >= 15 is 0 Å². The van der Waals surface area contributed by atoms with Gasteiger partial charge in [-0.05, 0) is 0 Å². The molecular weight excluding hydrogens is 433 g/mol. The molecule has 3 rings (SSSR count). The smallest absolute Gasteiger partial charge is 0.304 e. The zero-order valence-corrected chi connectivity index (χ0v) is 13.1. The Hall–Kier alpha value is -0.251. The molecule has 3 aromatic rings. The molecule has 0 aliphatic carbocycles. The molecule has 0 aromatic carbocycles. The van der Waals surface area contributed by atoms with Crippen LogP contribution in [0.1, 0.15) is 0 Å². The maximum Gasteiger partial charge on any atom is 3.00 e. The van der Waals surface area contributed by atoms with Gasteiger partial charge in [0.2, 0.25) is 0 Å². The first-order valence-electron chi connectivity index (χ1n) is 4.19. The third-order valence-electron chi connectivity index (χ3n) is 1.14. The van der Waals surface area contributed by atoms with E-state index in [1.54, 1.807) is 34.0 Å². The molecule has 3 aromatic heterocycles. The van der Waals surface area contributed by atoms with Gasteiger partial charge in [0.1, 0.15) is 0 Å². The quantitative estimate of drug-likeness (QED) is 0.446. The molecule has 0 unspecified atom stereocenters. The van der Waals surface area contributed by atoms with Gasteiger partial charge in [-0.15, -0.1) is 16.1 Å². The number of rotatable bonds is 0. The Balaban J connectivity index is 0.000000205. The molecule has 0 fully saturated rings. The van der Waals surface area contributed by atoms with Crippen LogP contribution in [0.2, 0.25) is 0 Å². The van der Waals surface area contributed by atoms with Gasteiger partial charge in [0.25, 0.3) is 0 Å². The summed E-state index contributed by atoms with van der Waals surface area (Å²) in [6, 6.07) is 11.6. The minimum absolute atomic E-state index is 0. The number of thiophene rings is 3. The summed E-state index contributed by atoms with van der Waals surface area (Å²) in [6.07, 6.45) is 0. The summed E-state index contributed by atoms with van der Waals surface area (Å²) < 4.78 is 0. The first-order valence-corrected chi connectivity index (χ1v) is 6.82. The monoisotopic (exact) mass is 442 g/mol. The van der Waals surface area contributed by atoms with Crippen LogP contribution < -0.4 is 0 Å². The SMILES string of the molecule is [Ir+3].[c-]1cccs1.[c-]1cccs1.[c-]1cccs1. The Morgan fingerprint density at radius 3 is 0.938 bits per heavy atom. The minimum atomic E-state index is 0. The molecule has 0 N–H and O–H groups in total. The van der Waals surface area contributed by atoms with E-state index in [9.17, 15) is 0 Å². The Kier molecular flexibility index (Phi) is 12.6. The molecule has 16 heavy (non-hydrogen) atoms. The topological polar surface area (TPSA) is 0 Å². The van der Waals surface area contributed by atoms with E-state index in [2.05, 4.69) is 16.1 Å². The van der Waals surface area contributed by atoms with Gasteiger partial charge < -0.3 is 34.0 Å². The molecule has 0 bridgehead atoms. The molecule has 0 atom stereocenters. The van der Waals surface area contributed by atoms with Crippen molar-refractivity contribution in [1.29, 1.82) is 0 Å². The van der Waals surface area contributed by atoms with Gasteiger partial charge in [-0.1, -0.05) is 0 Å². The Bertz CT molecular complexity index is 248. The van der Waals surface area contributed by atoms with Gasteiger partial charge in [0.15, 0.2) is 0 Å². The Morgan fingerprint density at radius 2 is 0.875 bits per heavy atom. The van der Waals surface area contributed by atoms with Gasteiger partial charge in [0.05, 0.1) is 0 Å². The Labute approximate surface area is 122 Å². The summed E-state index contributed by atoms with van der Waals surface area (Å²) in [5, 5.41) is 14.7. The third-order valence-corrected chi connectivity index (χ3v) is 2.83. The van der Waals surface area contributed by atoms with Crippen LogP contribution in [0.5, 0.6) is 0 Å². The maximum atomic E-state index is 2.90. The van der Waals surface area contributed by atoms with E-state index in [1.807, 2.05) is 52.5 Å². The summed E-state index contributed by atoms with van der Waals surface area (Å²) in [7, 11) is 0. The number of hydrogen-bond donors (Lipinski definition) is 0. The molecule has 4 heteroatoms. The second kappa shape index (κ2) is 12.8. The molecule has 0 amide bonds. The van der Waals surface area contributed by atoms with Gasteiger partial charge in [-0.25, -0.2) is 18.2 Å². The minimum Gasteiger partial charge on any atom is -0.304 e. The Morgan fingerprint density at radius 1 is 0.562 bits per heavy atom. The average Bonchev–Trinajstić information content (AvgIpc) is 3.09. The van der Waals surface area contributed by atoms with Crippen LogP contribution in [0.15, 0.2) is 52.5 Å². The average molecular weight is 442 g/mol. The first-order chi connectivity index (χ1) is 7.50. The van der Waals surface area contributed by atoms with Crippen molar-refractivity contribution in [2.45, 2.75) is 0 Å². The fraction of sp³-hybridized carbons (Fsp3) is 0. The standard InChI is InChI=1S/3C4H3S.Ir/c3*1-2-4-5-3-1;/h3*1-3H;/q3*-1;+3. The predicted octanol–water partition coefficient (Wildman–Crippen LogP) is 4.64. The summed E-state index contributed by atoms with van der Waals surface area (Å²) in [5.41, 5.74) is 0. The second-order valence-electron chi connectivity index (χ2n) is 2.19. The van der Waals surface area contributed by atoms with E-state index < -0.39 is 0 Å². The van der Waals surface area contributed by atoms with Crippen molar-refractivity contribution in [3.8, 4) is 0 Å². The van der Waals surface area contributed by atoms with E-state index in [1.165, 1.54) is 0 Å². The van der Waals surface area contributed by atoms with Crippen LogP contribution in [0.25, 0.3) is 0 Å².